The van der Waals surface area contributed by atoms with E-state index in [4.69, 9.17) is 4.74 Å². The average Bonchev–Trinajstić information content (AvgIpc) is 2.77. The summed E-state index contributed by atoms with van der Waals surface area (Å²) in [5.74, 6) is -0.840. The van der Waals surface area contributed by atoms with Crippen LogP contribution < -0.4 is 4.74 Å². The van der Waals surface area contributed by atoms with Crippen LogP contribution in [0.2, 0.25) is 0 Å². The number of esters is 1. The van der Waals surface area contributed by atoms with Crippen molar-refractivity contribution in [2.75, 3.05) is 0 Å². The molecule has 0 bridgehead atoms. The fourth-order valence-corrected chi connectivity index (χ4v) is 3.95. The van der Waals surface area contributed by atoms with E-state index in [1.165, 1.54) is 5.56 Å². The third-order valence-corrected chi connectivity index (χ3v) is 5.60. The largest absolute Gasteiger partial charge is 0.425 e. The number of benzene rings is 3. The average molecular weight is 412 g/mol. The maximum atomic E-state index is 13.1. The van der Waals surface area contributed by atoms with Crippen molar-refractivity contribution in [1.82, 2.24) is 0 Å². The van der Waals surface area contributed by atoms with Gasteiger partial charge in [-0.3, -0.25) is 14.4 Å². The van der Waals surface area contributed by atoms with Crippen molar-refractivity contribution in [3.05, 3.63) is 100 Å². The topological polar surface area (TPSA) is 60.4 Å². The zero-order valence-corrected chi connectivity index (χ0v) is 17.8. The second-order valence-electron chi connectivity index (χ2n) is 8.36. The summed E-state index contributed by atoms with van der Waals surface area (Å²) in [5.41, 5.74) is 3.18. The molecule has 0 N–H and O–H groups in total. The molecule has 1 aliphatic carbocycles. The van der Waals surface area contributed by atoms with Crippen LogP contribution in [0.5, 0.6) is 5.75 Å². The quantitative estimate of drug-likeness (QED) is 0.327. The number of hydrogen-bond donors (Lipinski definition) is 0. The van der Waals surface area contributed by atoms with Crippen molar-refractivity contribution in [1.29, 1.82) is 0 Å². The van der Waals surface area contributed by atoms with Crippen LogP contribution in [0, 0.1) is 5.92 Å². The van der Waals surface area contributed by atoms with Gasteiger partial charge in [0.1, 0.15) is 5.75 Å². The monoisotopic (exact) mass is 412 g/mol. The summed E-state index contributed by atoms with van der Waals surface area (Å²) in [7, 11) is 0. The number of rotatable bonds is 5. The summed E-state index contributed by atoms with van der Waals surface area (Å²) in [6.45, 7) is 6.11. The van der Waals surface area contributed by atoms with Gasteiger partial charge in [-0.1, -0.05) is 74.5 Å². The van der Waals surface area contributed by atoms with E-state index in [-0.39, 0.29) is 28.4 Å². The van der Waals surface area contributed by atoms with Gasteiger partial charge in [-0.25, -0.2) is 0 Å². The van der Waals surface area contributed by atoms with Gasteiger partial charge in [0.2, 0.25) is 0 Å². The fourth-order valence-electron chi connectivity index (χ4n) is 3.95. The Morgan fingerprint density at radius 1 is 0.774 bits per heavy atom. The fraction of sp³-hybridized carbons (Fsp3) is 0.222. The zero-order valence-electron chi connectivity index (χ0n) is 17.8. The molecule has 4 nitrogen and oxygen atoms in total. The first-order valence-electron chi connectivity index (χ1n) is 10.5. The van der Waals surface area contributed by atoms with Crippen molar-refractivity contribution in [3.63, 3.8) is 0 Å². The molecule has 0 radical (unpaired) electrons. The Morgan fingerprint density at radius 3 is 2.03 bits per heavy atom. The Balaban J connectivity index is 1.60. The molecule has 31 heavy (non-hydrogen) atoms. The number of fused-ring (bicyclic) bond motifs is 2. The van der Waals surface area contributed by atoms with Crippen LogP contribution in [-0.4, -0.2) is 17.5 Å². The molecule has 0 saturated carbocycles. The number of hydrogen-bond acceptors (Lipinski definition) is 4. The van der Waals surface area contributed by atoms with Crippen molar-refractivity contribution < 1.29 is 19.1 Å². The number of carbonyl (C=O) groups excluding carboxylic acids is 3. The SMILES string of the molecule is CC(C)Cc1ccc([C@@H](C)C(=O)Oc2cccc3c2C(=O)c2ccccc2C3=O)cc1. The Bertz CT molecular complexity index is 1170. The highest BCUT2D eigenvalue weighted by Crippen LogP contribution is 2.34. The molecule has 0 aromatic heterocycles. The molecule has 4 heteroatoms. The number of ketones is 2. The second kappa shape index (κ2) is 8.31. The first kappa shape index (κ1) is 20.7. The molecule has 3 aromatic carbocycles. The van der Waals surface area contributed by atoms with Crippen LogP contribution in [0.25, 0.3) is 0 Å². The van der Waals surface area contributed by atoms with Gasteiger partial charge in [0.15, 0.2) is 11.6 Å². The Kier molecular flexibility index (Phi) is 5.55. The van der Waals surface area contributed by atoms with Crippen LogP contribution in [0.1, 0.15) is 69.7 Å². The van der Waals surface area contributed by atoms with Gasteiger partial charge >= 0.3 is 5.97 Å². The molecule has 1 aliphatic rings. The van der Waals surface area contributed by atoms with E-state index in [1.54, 1.807) is 49.4 Å². The lowest BCUT2D eigenvalue weighted by atomic mass is 9.83. The Hall–Kier alpha value is -3.53. The summed E-state index contributed by atoms with van der Waals surface area (Å²) < 4.78 is 5.65. The summed E-state index contributed by atoms with van der Waals surface area (Å²) in [6, 6.07) is 19.4. The highest BCUT2D eigenvalue weighted by molar-refractivity contribution is 6.29. The maximum absolute atomic E-state index is 13.1. The van der Waals surface area contributed by atoms with E-state index in [9.17, 15) is 14.4 Å². The maximum Gasteiger partial charge on any atom is 0.318 e. The first-order chi connectivity index (χ1) is 14.9. The first-order valence-corrected chi connectivity index (χ1v) is 10.5. The lowest BCUT2D eigenvalue weighted by Crippen LogP contribution is -2.24. The third-order valence-electron chi connectivity index (χ3n) is 5.60. The molecule has 0 aliphatic heterocycles. The van der Waals surface area contributed by atoms with Crippen LogP contribution in [0.3, 0.4) is 0 Å². The summed E-state index contributed by atoms with van der Waals surface area (Å²) >= 11 is 0. The van der Waals surface area contributed by atoms with E-state index < -0.39 is 11.9 Å². The minimum absolute atomic E-state index is 0.124. The lowest BCUT2D eigenvalue weighted by molar-refractivity contribution is -0.135. The van der Waals surface area contributed by atoms with Gasteiger partial charge in [0, 0.05) is 16.7 Å². The van der Waals surface area contributed by atoms with Crippen LogP contribution in [-0.2, 0) is 11.2 Å². The molecule has 0 unspecified atom stereocenters. The molecule has 0 heterocycles. The molecule has 3 aromatic rings. The van der Waals surface area contributed by atoms with E-state index >= 15 is 0 Å². The van der Waals surface area contributed by atoms with Gasteiger partial charge in [-0.15, -0.1) is 0 Å². The normalized spacial score (nSPS) is 13.5. The van der Waals surface area contributed by atoms with Gasteiger partial charge in [0.25, 0.3) is 0 Å². The van der Waals surface area contributed by atoms with E-state index in [0.717, 1.165) is 12.0 Å². The van der Waals surface area contributed by atoms with Crippen LogP contribution >= 0.6 is 0 Å². The van der Waals surface area contributed by atoms with E-state index in [1.807, 2.05) is 24.3 Å². The van der Waals surface area contributed by atoms with E-state index in [2.05, 4.69) is 13.8 Å². The molecular formula is C27H24O4. The molecule has 156 valence electrons. The van der Waals surface area contributed by atoms with Gasteiger partial charge in [0.05, 0.1) is 11.5 Å². The zero-order chi connectivity index (χ0) is 22.1. The van der Waals surface area contributed by atoms with Gasteiger partial charge in [-0.05, 0) is 36.5 Å². The predicted molar refractivity (Wildman–Crippen MR) is 119 cm³/mol. The molecule has 0 fully saturated rings. The minimum Gasteiger partial charge on any atom is -0.425 e. The van der Waals surface area contributed by atoms with Crippen LogP contribution in [0.15, 0.2) is 66.7 Å². The Morgan fingerprint density at radius 2 is 1.39 bits per heavy atom. The summed E-state index contributed by atoms with van der Waals surface area (Å²) in [6.07, 6.45) is 0.979. The highest BCUT2D eigenvalue weighted by Gasteiger charge is 2.33. The summed E-state index contributed by atoms with van der Waals surface area (Å²) in [4.78, 5) is 38.8. The van der Waals surface area contributed by atoms with E-state index in [0.29, 0.717) is 17.0 Å². The van der Waals surface area contributed by atoms with Gasteiger partial charge < -0.3 is 4.74 Å². The standard InChI is InChI=1S/C27H24O4/c1-16(2)15-18-11-13-19(14-12-18)17(3)27(30)31-23-10-6-9-22-24(23)26(29)21-8-5-4-7-20(21)25(22)28/h4-14,16-17H,15H2,1-3H3/t17-/m1/s1. The summed E-state index contributed by atoms with van der Waals surface area (Å²) in [5, 5.41) is 0. The Labute approximate surface area is 181 Å². The van der Waals surface area contributed by atoms with Crippen LogP contribution in [0.4, 0.5) is 0 Å². The van der Waals surface area contributed by atoms with Gasteiger partial charge in [-0.2, -0.15) is 0 Å². The van der Waals surface area contributed by atoms with Crippen molar-refractivity contribution >= 4 is 17.5 Å². The minimum atomic E-state index is -0.509. The van der Waals surface area contributed by atoms with Crippen molar-refractivity contribution in [2.45, 2.75) is 33.1 Å². The smallest absolute Gasteiger partial charge is 0.318 e. The number of ether oxygens (including phenoxy) is 1. The number of carbonyl (C=O) groups is 3. The molecule has 0 amide bonds. The predicted octanol–water partition coefficient (Wildman–Crippen LogP) is 5.37. The molecule has 0 saturated heterocycles. The molecule has 0 spiro atoms. The molecule has 4 rings (SSSR count). The lowest BCUT2D eigenvalue weighted by Gasteiger charge is -2.20. The second-order valence-corrected chi connectivity index (χ2v) is 8.36. The van der Waals surface area contributed by atoms with Crippen molar-refractivity contribution in [3.8, 4) is 5.75 Å². The van der Waals surface area contributed by atoms with Crippen molar-refractivity contribution in [2.24, 2.45) is 5.92 Å². The highest BCUT2D eigenvalue weighted by atomic mass is 16.5. The molecular weight excluding hydrogens is 388 g/mol. The molecule has 1 atom stereocenters. The third kappa shape index (κ3) is 3.93.